The molecule has 0 radical (unpaired) electrons. The van der Waals surface area contributed by atoms with Gasteiger partial charge in [-0.05, 0) is 30.7 Å². The molecule has 3 aromatic rings. The first kappa shape index (κ1) is 24.3. The number of nitrogens with zero attached hydrogens (tertiary/aromatic N) is 4. The molecule has 1 aromatic heterocycles. The lowest BCUT2D eigenvalue weighted by atomic mass is 10.1. The van der Waals surface area contributed by atoms with Crippen LogP contribution < -0.4 is 9.47 Å². The summed E-state index contributed by atoms with van der Waals surface area (Å²) in [6.07, 6.45) is 3.08. The van der Waals surface area contributed by atoms with Gasteiger partial charge in [0.1, 0.15) is 0 Å². The molecular weight excluding hydrogens is 458 g/mol. The third-order valence-electron chi connectivity index (χ3n) is 5.83. The van der Waals surface area contributed by atoms with E-state index in [-0.39, 0.29) is 23.4 Å². The minimum absolute atomic E-state index is 0.0617. The van der Waals surface area contributed by atoms with Crippen molar-refractivity contribution < 1.29 is 27.6 Å². The average molecular weight is 485 g/mol. The maximum atomic E-state index is 12.7. The maximum absolute atomic E-state index is 12.7. The molecule has 1 amide bonds. The van der Waals surface area contributed by atoms with Crippen LogP contribution in [0.25, 0.3) is 17.5 Å². The number of aromatic nitrogens is 2. The van der Waals surface area contributed by atoms with Gasteiger partial charge in [-0.2, -0.15) is 13.8 Å². The standard InChI is InChI=1S/C25H26F2N4O4/c1-17(24-28-23(29-35-24)19-6-4-3-5-7-19)30-12-14-31(15-13-30)22(32)11-9-18-8-10-20(34-25(26)27)21(16-18)33-2/h3-11,16-17,25H,12-15H2,1-2H3. The first-order chi connectivity index (χ1) is 16.9. The predicted octanol–water partition coefficient (Wildman–Crippen LogP) is 4.27. The van der Waals surface area contributed by atoms with Crippen LogP contribution in [0.2, 0.25) is 0 Å². The highest BCUT2D eigenvalue weighted by atomic mass is 19.3. The number of hydrogen-bond acceptors (Lipinski definition) is 7. The van der Waals surface area contributed by atoms with E-state index in [1.54, 1.807) is 17.0 Å². The summed E-state index contributed by atoms with van der Waals surface area (Å²) in [5, 5.41) is 4.09. The molecule has 1 atom stereocenters. The van der Waals surface area contributed by atoms with Gasteiger partial charge < -0.3 is 18.9 Å². The van der Waals surface area contributed by atoms with E-state index in [1.165, 1.54) is 25.3 Å². The number of methoxy groups -OCH3 is 1. The van der Waals surface area contributed by atoms with E-state index in [4.69, 9.17) is 9.26 Å². The lowest BCUT2D eigenvalue weighted by molar-refractivity contribution is -0.128. The Labute approximate surface area is 201 Å². The van der Waals surface area contributed by atoms with Crippen LogP contribution in [-0.4, -0.2) is 65.7 Å². The third-order valence-corrected chi connectivity index (χ3v) is 5.83. The van der Waals surface area contributed by atoms with Crippen molar-refractivity contribution in [1.29, 1.82) is 0 Å². The Kier molecular flexibility index (Phi) is 7.71. The highest BCUT2D eigenvalue weighted by Crippen LogP contribution is 2.30. The van der Waals surface area contributed by atoms with Gasteiger partial charge in [0.15, 0.2) is 11.5 Å². The normalized spacial score (nSPS) is 15.5. The summed E-state index contributed by atoms with van der Waals surface area (Å²) in [5.74, 6) is 1.06. The first-order valence-corrected chi connectivity index (χ1v) is 11.2. The third kappa shape index (κ3) is 6.02. The second-order valence-corrected chi connectivity index (χ2v) is 7.98. The molecule has 184 valence electrons. The summed E-state index contributed by atoms with van der Waals surface area (Å²) >= 11 is 0. The zero-order chi connectivity index (χ0) is 24.8. The van der Waals surface area contributed by atoms with E-state index in [0.717, 1.165) is 5.56 Å². The summed E-state index contributed by atoms with van der Waals surface area (Å²) in [4.78, 5) is 21.2. The Morgan fingerprint density at radius 2 is 1.83 bits per heavy atom. The van der Waals surface area contributed by atoms with Gasteiger partial charge in [0, 0.05) is 37.8 Å². The van der Waals surface area contributed by atoms with Crippen LogP contribution in [0.15, 0.2) is 59.1 Å². The molecule has 10 heteroatoms. The van der Waals surface area contributed by atoms with Crippen molar-refractivity contribution in [2.24, 2.45) is 0 Å². The Bertz CT molecular complexity index is 1160. The number of ether oxygens (including phenoxy) is 2. The van der Waals surface area contributed by atoms with E-state index < -0.39 is 6.61 Å². The van der Waals surface area contributed by atoms with Crippen LogP contribution in [0.3, 0.4) is 0 Å². The van der Waals surface area contributed by atoms with E-state index >= 15 is 0 Å². The highest BCUT2D eigenvalue weighted by molar-refractivity contribution is 5.92. The largest absolute Gasteiger partial charge is 0.493 e. The van der Waals surface area contributed by atoms with Crippen molar-refractivity contribution in [2.45, 2.75) is 19.6 Å². The number of carbonyl (C=O) groups excluding carboxylic acids is 1. The number of rotatable bonds is 8. The molecule has 0 N–H and O–H groups in total. The number of piperazine rings is 1. The van der Waals surface area contributed by atoms with Crippen molar-refractivity contribution in [3.8, 4) is 22.9 Å². The van der Waals surface area contributed by atoms with Crippen LogP contribution in [0.4, 0.5) is 8.78 Å². The highest BCUT2D eigenvalue weighted by Gasteiger charge is 2.27. The van der Waals surface area contributed by atoms with E-state index in [1.807, 2.05) is 37.3 Å². The smallest absolute Gasteiger partial charge is 0.387 e. The van der Waals surface area contributed by atoms with Gasteiger partial charge in [-0.3, -0.25) is 9.69 Å². The van der Waals surface area contributed by atoms with Crippen LogP contribution in [-0.2, 0) is 4.79 Å². The first-order valence-electron chi connectivity index (χ1n) is 11.2. The fourth-order valence-electron chi connectivity index (χ4n) is 3.85. The average Bonchev–Trinajstić information content (AvgIpc) is 3.38. The summed E-state index contributed by atoms with van der Waals surface area (Å²) in [6, 6.07) is 14.1. The molecule has 4 rings (SSSR count). The molecule has 0 aliphatic carbocycles. The minimum Gasteiger partial charge on any atom is -0.493 e. The van der Waals surface area contributed by atoms with Crippen LogP contribution >= 0.6 is 0 Å². The fraction of sp³-hybridized carbons (Fsp3) is 0.320. The second kappa shape index (κ2) is 11.1. The molecule has 1 fully saturated rings. The molecule has 35 heavy (non-hydrogen) atoms. The van der Waals surface area contributed by atoms with Crippen molar-refractivity contribution >= 4 is 12.0 Å². The van der Waals surface area contributed by atoms with E-state index in [0.29, 0.717) is 43.5 Å². The summed E-state index contributed by atoms with van der Waals surface area (Å²) in [7, 11) is 1.36. The van der Waals surface area contributed by atoms with E-state index in [9.17, 15) is 13.6 Å². The number of alkyl halides is 2. The quantitative estimate of drug-likeness (QED) is 0.442. The lowest BCUT2D eigenvalue weighted by Gasteiger charge is -2.36. The predicted molar refractivity (Wildman–Crippen MR) is 125 cm³/mol. The molecule has 2 aromatic carbocycles. The second-order valence-electron chi connectivity index (χ2n) is 7.98. The van der Waals surface area contributed by atoms with Gasteiger partial charge in [-0.1, -0.05) is 41.6 Å². The Morgan fingerprint density at radius 3 is 2.51 bits per heavy atom. The molecular formula is C25H26F2N4O4. The molecule has 1 unspecified atom stereocenters. The number of hydrogen-bond donors (Lipinski definition) is 0. The molecule has 1 aliphatic rings. The topological polar surface area (TPSA) is 80.9 Å². The number of benzene rings is 2. The van der Waals surface area contributed by atoms with Crippen molar-refractivity contribution in [1.82, 2.24) is 19.9 Å². The molecule has 1 saturated heterocycles. The van der Waals surface area contributed by atoms with Crippen LogP contribution in [0.5, 0.6) is 11.5 Å². The van der Waals surface area contributed by atoms with Gasteiger partial charge in [0.2, 0.25) is 17.6 Å². The molecule has 0 spiro atoms. The monoisotopic (exact) mass is 484 g/mol. The maximum Gasteiger partial charge on any atom is 0.387 e. The zero-order valence-corrected chi connectivity index (χ0v) is 19.4. The Morgan fingerprint density at radius 1 is 1.09 bits per heavy atom. The van der Waals surface area contributed by atoms with Crippen LogP contribution in [0.1, 0.15) is 24.4 Å². The SMILES string of the molecule is COc1cc(C=CC(=O)N2CCN(C(C)c3nc(-c4ccccc4)no3)CC2)ccc1OC(F)F. The number of carbonyl (C=O) groups is 1. The van der Waals surface area contributed by atoms with Gasteiger partial charge >= 0.3 is 6.61 Å². The Balaban J connectivity index is 1.32. The van der Waals surface area contributed by atoms with Gasteiger partial charge in [-0.25, -0.2) is 0 Å². The van der Waals surface area contributed by atoms with Crippen molar-refractivity contribution in [3.05, 3.63) is 66.1 Å². The molecule has 1 aliphatic heterocycles. The summed E-state index contributed by atoms with van der Waals surface area (Å²) < 4.78 is 40.0. The number of amides is 1. The number of halogens is 2. The van der Waals surface area contributed by atoms with E-state index in [2.05, 4.69) is 19.8 Å². The minimum atomic E-state index is -2.95. The molecule has 8 nitrogen and oxygen atoms in total. The fourth-order valence-corrected chi connectivity index (χ4v) is 3.85. The van der Waals surface area contributed by atoms with Crippen LogP contribution in [0, 0.1) is 0 Å². The molecule has 0 bridgehead atoms. The van der Waals surface area contributed by atoms with Gasteiger partial charge in [0.25, 0.3) is 0 Å². The van der Waals surface area contributed by atoms with Crippen molar-refractivity contribution in [2.75, 3.05) is 33.3 Å². The Hall–Kier alpha value is -3.79. The zero-order valence-electron chi connectivity index (χ0n) is 19.4. The van der Waals surface area contributed by atoms with Gasteiger partial charge in [0.05, 0.1) is 13.2 Å². The lowest BCUT2D eigenvalue weighted by Crippen LogP contribution is -2.48. The van der Waals surface area contributed by atoms with Gasteiger partial charge in [-0.15, -0.1) is 0 Å². The summed E-state index contributed by atoms with van der Waals surface area (Å²) in [6.45, 7) is 1.50. The molecule has 0 saturated carbocycles. The molecule has 2 heterocycles. The van der Waals surface area contributed by atoms with Crippen molar-refractivity contribution in [3.63, 3.8) is 0 Å². The summed E-state index contributed by atoms with van der Waals surface area (Å²) in [5.41, 5.74) is 1.53.